The van der Waals surface area contributed by atoms with Gasteiger partial charge in [-0.3, -0.25) is 9.59 Å². The van der Waals surface area contributed by atoms with Crippen molar-refractivity contribution < 1.29 is 29.3 Å². The predicted octanol–water partition coefficient (Wildman–Crippen LogP) is 6.61. The van der Waals surface area contributed by atoms with E-state index in [0.29, 0.717) is 35.1 Å². The maximum absolute atomic E-state index is 12.3. The normalized spacial score (nSPS) is 19.6. The first-order chi connectivity index (χ1) is 17.3. The van der Waals surface area contributed by atoms with Crippen molar-refractivity contribution in [3.63, 3.8) is 0 Å². The predicted molar refractivity (Wildman–Crippen MR) is 140 cm³/mol. The van der Waals surface area contributed by atoms with E-state index >= 15 is 0 Å². The van der Waals surface area contributed by atoms with Crippen LogP contribution in [0.5, 0.6) is 17.2 Å². The van der Waals surface area contributed by atoms with Crippen molar-refractivity contribution in [2.24, 2.45) is 11.8 Å². The highest BCUT2D eigenvalue weighted by atomic mass is 35.5. The van der Waals surface area contributed by atoms with E-state index in [1.54, 1.807) is 61.5 Å². The topological polar surface area (TPSA) is 93.1 Å². The number of rotatable bonds is 13. The summed E-state index contributed by atoms with van der Waals surface area (Å²) < 4.78 is 11.7. The quantitative estimate of drug-likeness (QED) is 0.293. The van der Waals surface area contributed by atoms with Crippen LogP contribution in [-0.4, -0.2) is 34.2 Å². The Bertz CT molecular complexity index is 1040. The van der Waals surface area contributed by atoms with Crippen LogP contribution >= 0.6 is 11.6 Å². The van der Waals surface area contributed by atoms with Gasteiger partial charge in [-0.2, -0.15) is 0 Å². The van der Waals surface area contributed by atoms with Crippen molar-refractivity contribution in [2.45, 2.75) is 57.7 Å². The molecule has 1 saturated carbocycles. The molecule has 0 heterocycles. The van der Waals surface area contributed by atoms with Gasteiger partial charge in [0.2, 0.25) is 0 Å². The number of benzene rings is 2. The molecule has 0 bridgehead atoms. The van der Waals surface area contributed by atoms with E-state index < -0.39 is 18.2 Å². The summed E-state index contributed by atoms with van der Waals surface area (Å²) in [7, 11) is 0. The van der Waals surface area contributed by atoms with Crippen LogP contribution < -0.4 is 9.47 Å². The molecule has 4 unspecified atom stereocenters. The van der Waals surface area contributed by atoms with Gasteiger partial charge in [-0.25, -0.2) is 0 Å². The van der Waals surface area contributed by atoms with E-state index in [0.717, 1.165) is 19.3 Å². The fourth-order valence-electron chi connectivity index (χ4n) is 4.18. The van der Waals surface area contributed by atoms with Crippen molar-refractivity contribution in [1.82, 2.24) is 0 Å². The zero-order valence-corrected chi connectivity index (χ0v) is 21.1. The average molecular weight is 513 g/mol. The molecular formula is C29H33ClO6. The van der Waals surface area contributed by atoms with Crippen molar-refractivity contribution in [2.75, 3.05) is 0 Å². The lowest BCUT2D eigenvalue weighted by Gasteiger charge is -2.19. The minimum atomic E-state index is -0.817. The summed E-state index contributed by atoms with van der Waals surface area (Å²) in [6, 6.07) is 14.3. The summed E-state index contributed by atoms with van der Waals surface area (Å²) in [5, 5.41) is 19.9. The standard InChI is InChI=1S/C29H33ClO6/c1-20(35-23-14-16-25(17-15-23)36-24-12-10-22(30)11-13-24)27(31)18-8-21-9-19-28(32)26(21)6-4-2-3-5-7-29(33)34/h2-3,8,10-18,20-21,26-27,31H,4-7,9,19H2,1H3,(H,33,34). The third-order valence-corrected chi connectivity index (χ3v) is 6.47. The van der Waals surface area contributed by atoms with Gasteiger partial charge in [-0.1, -0.05) is 35.9 Å². The summed E-state index contributed by atoms with van der Waals surface area (Å²) >= 11 is 5.90. The molecule has 0 aromatic heterocycles. The number of aliphatic hydroxyl groups is 1. The highest BCUT2D eigenvalue weighted by molar-refractivity contribution is 6.30. The number of aliphatic hydroxyl groups excluding tert-OH is 1. The molecule has 2 aromatic carbocycles. The average Bonchev–Trinajstić information content (AvgIpc) is 3.21. The highest BCUT2D eigenvalue weighted by Crippen LogP contribution is 2.33. The lowest BCUT2D eigenvalue weighted by atomic mass is 9.90. The largest absolute Gasteiger partial charge is 0.488 e. The molecule has 7 heteroatoms. The second-order valence-corrected chi connectivity index (χ2v) is 9.42. The molecule has 3 rings (SSSR count). The molecule has 0 aliphatic heterocycles. The lowest BCUT2D eigenvalue weighted by molar-refractivity contribution is -0.136. The molecule has 1 aliphatic carbocycles. The number of ether oxygens (including phenoxy) is 2. The van der Waals surface area contributed by atoms with E-state index in [1.165, 1.54) is 0 Å². The first kappa shape index (κ1) is 27.5. The maximum Gasteiger partial charge on any atom is 0.303 e. The van der Waals surface area contributed by atoms with Crippen LogP contribution in [0.15, 0.2) is 72.8 Å². The van der Waals surface area contributed by atoms with Crippen LogP contribution in [-0.2, 0) is 9.59 Å². The Kier molecular flexibility index (Phi) is 10.6. The van der Waals surface area contributed by atoms with Crippen LogP contribution in [0.25, 0.3) is 0 Å². The molecule has 0 saturated heterocycles. The Morgan fingerprint density at radius 2 is 1.67 bits per heavy atom. The lowest BCUT2D eigenvalue weighted by Crippen LogP contribution is -2.27. The van der Waals surface area contributed by atoms with Gasteiger partial charge in [-0.15, -0.1) is 0 Å². The first-order valence-corrected chi connectivity index (χ1v) is 12.7. The van der Waals surface area contributed by atoms with Gasteiger partial charge in [0.15, 0.2) is 0 Å². The molecule has 192 valence electrons. The molecule has 6 nitrogen and oxygen atoms in total. The maximum atomic E-state index is 12.3. The molecule has 1 aliphatic rings. The molecule has 36 heavy (non-hydrogen) atoms. The first-order valence-electron chi connectivity index (χ1n) is 12.3. The molecular weight excluding hydrogens is 480 g/mol. The molecule has 1 fully saturated rings. The summed E-state index contributed by atoms with van der Waals surface area (Å²) in [5.41, 5.74) is 0. The molecule has 4 atom stereocenters. The van der Waals surface area contributed by atoms with Gasteiger partial charge in [0.1, 0.15) is 35.2 Å². The Morgan fingerprint density at radius 1 is 1.06 bits per heavy atom. The molecule has 2 N–H and O–H groups in total. The Hall–Kier alpha value is -3.09. The number of aliphatic carboxylic acids is 1. The number of Topliss-reactive ketones (excluding diaryl/α,β-unsaturated/α-hetero) is 1. The monoisotopic (exact) mass is 512 g/mol. The highest BCUT2D eigenvalue weighted by Gasteiger charge is 2.32. The van der Waals surface area contributed by atoms with Crippen LogP contribution in [0.2, 0.25) is 5.02 Å². The van der Waals surface area contributed by atoms with Gasteiger partial charge in [-0.05, 0) is 87.1 Å². The Balaban J connectivity index is 1.46. The van der Waals surface area contributed by atoms with E-state index in [4.69, 9.17) is 26.2 Å². The number of carbonyl (C=O) groups excluding carboxylic acids is 1. The number of carboxylic acid groups (broad SMARTS) is 1. The number of allylic oxidation sites excluding steroid dienone is 3. The summed E-state index contributed by atoms with van der Waals surface area (Å²) in [5.74, 6) is 1.42. The summed E-state index contributed by atoms with van der Waals surface area (Å²) in [4.78, 5) is 22.9. The molecule has 0 amide bonds. The van der Waals surface area contributed by atoms with Crippen molar-refractivity contribution in [3.05, 3.63) is 77.9 Å². The zero-order valence-electron chi connectivity index (χ0n) is 20.4. The SMILES string of the molecule is CC(Oc1ccc(Oc2ccc(Cl)cc2)cc1)C(O)C=CC1CCC(=O)C1CCC=CCCC(=O)O. The minimum absolute atomic E-state index is 0.0676. The van der Waals surface area contributed by atoms with Gasteiger partial charge in [0.25, 0.3) is 0 Å². The number of ketones is 1. The second-order valence-electron chi connectivity index (χ2n) is 8.98. The number of hydrogen-bond donors (Lipinski definition) is 2. The number of halogens is 1. The zero-order chi connectivity index (χ0) is 25.9. The van der Waals surface area contributed by atoms with Gasteiger partial charge in [0, 0.05) is 23.8 Å². The van der Waals surface area contributed by atoms with E-state index in [1.807, 2.05) is 18.2 Å². The molecule has 0 spiro atoms. The van der Waals surface area contributed by atoms with Crippen LogP contribution in [0.4, 0.5) is 0 Å². The summed E-state index contributed by atoms with van der Waals surface area (Å²) in [6.07, 6.45) is 9.59. The third kappa shape index (κ3) is 8.85. The molecule has 0 radical (unpaired) electrons. The van der Waals surface area contributed by atoms with Crippen LogP contribution in [0, 0.1) is 11.8 Å². The van der Waals surface area contributed by atoms with Crippen LogP contribution in [0.1, 0.15) is 45.4 Å². The summed E-state index contributed by atoms with van der Waals surface area (Å²) in [6.45, 7) is 1.80. The molecule has 2 aromatic rings. The second kappa shape index (κ2) is 13.9. The van der Waals surface area contributed by atoms with Crippen molar-refractivity contribution in [3.8, 4) is 17.2 Å². The fraction of sp³-hybridized carbons (Fsp3) is 0.379. The Morgan fingerprint density at radius 3 is 2.33 bits per heavy atom. The van der Waals surface area contributed by atoms with Crippen LogP contribution in [0.3, 0.4) is 0 Å². The van der Waals surface area contributed by atoms with E-state index in [9.17, 15) is 14.7 Å². The number of carbonyl (C=O) groups is 2. The number of carboxylic acids is 1. The van der Waals surface area contributed by atoms with Gasteiger partial charge in [0.05, 0.1) is 0 Å². The number of hydrogen-bond acceptors (Lipinski definition) is 5. The third-order valence-electron chi connectivity index (χ3n) is 6.22. The van der Waals surface area contributed by atoms with E-state index in [-0.39, 0.29) is 24.0 Å². The minimum Gasteiger partial charge on any atom is -0.488 e. The van der Waals surface area contributed by atoms with Gasteiger partial charge < -0.3 is 19.7 Å². The van der Waals surface area contributed by atoms with Crippen molar-refractivity contribution >= 4 is 23.4 Å². The van der Waals surface area contributed by atoms with E-state index in [2.05, 4.69) is 0 Å². The van der Waals surface area contributed by atoms with Crippen molar-refractivity contribution in [1.29, 1.82) is 0 Å². The Labute approximate surface area is 217 Å². The van der Waals surface area contributed by atoms with Gasteiger partial charge >= 0.3 is 5.97 Å². The smallest absolute Gasteiger partial charge is 0.303 e. The fourth-order valence-corrected chi connectivity index (χ4v) is 4.31.